The summed E-state index contributed by atoms with van der Waals surface area (Å²) < 4.78 is 27.9. The lowest BCUT2D eigenvalue weighted by Crippen LogP contribution is -2.40. The standard InChI is InChI=1S/C19H20F2N6O/c20-11-6-13-14(9-24-16(13)23-8-11)17-25-10-15(21)18(27-17)26-12-2-1-3-19(28,7-12)4-5-22/h6,8,10,12,14,28H,1-4,7,9H2,(H,23,24)(H,25,26,27)/t12-,14?,19?/m0/s1. The highest BCUT2D eigenvalue weighted by Crippen LogP contribution is 2.35. The predicted octanol–water partition coefficient (Wildman–Crippen LogP) is 2.71. The van der Waals surface area contributed by atoms with E-state index >= 15 is 0 Å². The lowest BCUT2D eigenvalue weighted by atomic mass is 9.80. The molecule has 146 valence electrons. The fourth-order valence-electron chi connectivity index (χ4n) is 4.02. The molecule has 0 amide bonds. The average molecular weight is 386 g/mol. The zero-order valence-corrected chi connectivity index (χ0v) is 15.1. The van der Waals surface area contributed by atoms with Crippen molar-refractivity contribution < 1.29 is 13.9 Å². The van der Waals surface area contributed by atoms with E-state index in [2.05, 4.69) is 25.6 Å². The van der Waals surface area contributed by atoms with Gasteiger partial charge in [-0.1, -0.05) is 0 Å². The first kappa shape index (κ1) is 18.5. The molecule has 2 aromatic heterocycles. The first-order valence-electron chi connectivity index (χ1n) is 9.25. The fraction of sp³-hybridized carbons (Fsp3) is 0.474. The maximum atomic E-state index is 14.3. The van der Waals surface area contributed by atoms with Gasteiger partial charge in [-0.3, -0.25) is 0 Å². The third-order valence-corrected chi connectivity index (χ3v) is 5.38. The molecule has 2 aliphatic rings. The lowest BCUT2D eigenvalue weighted by Gasteiger charge is -2.35. The number of nitrogens with one attached hydrogen (secondary N) is 2. The van der Waals surface area contributed by atoms with Crippen LogP contribution < -0.4 is 10.6 Å². The van der Waals surface area contributed by atoms with Gasteiger partial charge in [0.25, 0.3) is 0 Å². The Morgan fingerprint density at radius 2 is 2.21 bits per heavy atom. The molecule has 9 heteroatoms. The van der Waals surface area contributed by atoms with Crippen LogP contribution >= 0.6 is 0 Å². The normalized spacial score (nSPS) is 26.2. The largest absolute Gasteiger partial charge is 0.389 e. The lowest BCUT2D eigenvalue weighted by molar-refractivity contribution is 0.00444. The van der Waals surface area contributed by atoms with Crippen molar-refractivity contribution in [1.29, 1.82) is 5.26 Å². The average Bonchev–Trinajstić information content (AvgIpc) is 3.06. The summed E-state index contributed by atoms with van der Waals surface area (Å²) in [5, 5.41) is 25.6. The summed E-state index contributed by atoms with van der Waals surface area (Å²) in [5.74, 6) is -0.392. The molecule has 1 fully saturated rings. The molecule has 3 N–H and O–H groups in total. The molecule has 1 aliphatic carbocycles. The minimum absolute atomic E-state index is 0.0474. The van der Waals surface area contributed by atoms with Crippen LogP contribution in [0.1, 0.15) is 49.4 Å². The molecule has 2 aromatic rings. The number of anilines is 2. The van der Waals surface area contributed by atoms with Gasteiger partial charge in [0.2, 0.25) is 0 Å². The zero-order chi connectivity index (χ0) is 19.7. The molecule has 0 aromatic carbocycles. The molecule has 1 aliphatic heterocycles. The van der Waals surface area contributed by atoms with Crippen LogP contribution in [0.4, 0.5) is 20.4 Å². The SMILES string of the molecule is N#CCC1(O)CCC[C@H](Nc2nc(C3CNc4ncc(F)cc43)ncc2F)C1. The predicted molar refractivity (Wildman–Crippen MR) is 97.6 cm³/mol. The number of nitriles is 1. The minimum Gasteiger partial charge on any atom is -0.389 e. The maximum Gasteiger partial charge on any atom is 0.183 e. The van der Waals surface area contributed by atoms with E-state index in [0.29, 0.717) is 36.6 Å². The number of rotatable bonds is 4. The first-order valence-corrected chi connectivity index (χ1v) is 9.25. The maximum absolute atomic E-state index is 14.3. The first-order chi connectivity index (χ1) is 13.5. The summed E-state index contributed by atoms with van der Waals surface area (Å²) in [6, 6.07) is 3.20. The molecule has 0 saturated heterocycles. The van der Waals surface area contributed by atoms with Crippen LogP contribution in [0.25, 0.3) is 0 Å². The third-order valence-electron chi connectivity index (χ3n) is 5.38. The van der Waals surface area contributed by atoms with Crippen molar-refractivity contribution in [3.63, 3.8) is 0 Å². The Morgan fingerprint density at radius 3 is 3.04 bits per heavy atom. The van der Waals surface area contributed by atoms with E-state index in [0.717, 1.165) is 25.2 Å². The van der Waals surface area contributed by atoms with Gasteiger partial charge in [-0.15, -0.1) is 0 Å². The van der Waals surface area contributed by atoms with E-state index in [1.54, 1.807) is 0 Å². The van der Waals surface area contributed by atoms with Crippen LogP contribution in [0, 0.1) is 23.0 Å². The molecule has 2 unspecified atom stereocenters. The van der Waals surface area contributed by atoms with Gasteiger partial charge in [0.1, 0.15) is 17.5 Å². The molecular weight excluding hydrogens is 366 g/mol. The number of fused-ring (bicyclic) bond motifs is 1. The van der Waals surface area contributed by atoms with Crippen molar-refractivity contribution in [1.82, 2.24) is 15.0 Å². The van der Waals surface area contributed by atoms with Gasteiger partial charge in [-0.25, -0.2) is 23.7 Å². The van der Waals surface area contributed by atoms with Crippen molar-refractivity contribution in [3.05, 3.63) is 41.5 Å². The van der Waals surface area contributed by atoms with E-state index in [1.807, 2.05) is 6.07 Å². The summed E-state index contributed by atoms with van der Waals surface area (Å²) in [5.41, 5.74) is -0.423. The third kappa shape index (κ3) is 3.60. The summed E-state index contributed by atoms with van der Waals surface area (Å²) in [4.78, 5) is 12.4. The number of hydrogen-bond acceptors (Lipinski definition) is 7. The summed E-state index contributed by atoms with van der Waals surface area (Å²) in [6.45, 7) is 0.447. The number of halogens is 2. The fourth-order valence-corrected chi connectivity index (χ4v) is 4.02. The van der Waals surface area contributed by atoms with Gasteiger partial charge in [0, 0.05) is 18.2 Å². The molecule has 28 heavy (non-hydrogen) atoms. The van der Waals surface area contributed by atoms with Crippen LogP contribution in [0.2, 0.25) is 0 Å². The van der Waals surface area contributed by atoms with Crippen LogP contribution in [0.5, 0.6) is 0 Å². The molecule has 3 atom stereocenters. The Hall–Kier alpha value is -2.86. The Bertz CT molecular complexity index is 933. The molecular formula is C19H20F2N6O. The minimum atomic E-state index is -1.06. The van der Waals surface area contributed by atoms with Crippen molar-refractivity contribution in [2.75, 3.05) is 17.2 Å². The van der Waals surface area contributed by atoms with Gasteiger partial charge in [0.15, 0.2) is 11.6 Å². The van der Waals surface area contributed by atoms with Crippen molar-refractivity contribution >= 4 is 11.6 Å². The van der Waals surface area contributed by atoms with E-state index < -0.39 is 17.2 Å². The van der Waals surface area contributed by atoms with Gasteiger partial charge in [-0.05, 0) is 31.7 Å². The Morgan fingerprint density at radius 1 is 1.36 bits per heavy atom. The van der Waals surface area contributed by atoms with Gasteiger partial charge in [-0.2, -0.15) is 5.26 Å². The van der Waals surface area contributed by atoms with E-state index in [4.69, 9.17) is 5.26 Å². The Balaban J connectivity index is 1.56. The summed E-state index contributed by atoms with van der Waals surface area (Å²) in [7, 11) is 0. The molecule has 1 saturated carbocycles. The molecule has 0 spiro atoms. The van der Waals surface area contributed by atoms with E-state index in [9.17, 15) is 13.9 Å². The van der Waals surface area contributed by atoms with Crippen LogP contribution in [-0.2, 0) is 0 Å². The number of hydrogen-bond donors (Lipinski definition) is 3. The molecule has 0 bridgehead atoms. The Kier molecular flexibility index (Phi) is 4.81. The quantitative estimate of drug-likeness (QED) is 0.742. The monoisotopic (exact) mass is 386 g/mol. The second-order valence-corrected chi connectivity index (χ2v) is 7.45. The second kappa shape index (κ2) is 7.28. The Labute approximate surface area is 160 Å². The van der Waals surface area contributed by atoms with Crippen LogP contribution in [0.15, 0.2) is 18.5 Å². The number of aromatic nitrogens is 3. The molecule has 0 radical (unpaired) electrons. The number of aliphatic hydroxyl groups is 1. The van der Waals surface area contributed by atoms with Crippen molar-refractivity contribution in [3.8, 4) is 6.07 Å². The summed E-state index contributed by atoms with van der Waals surface area (Å²) in [6.07, 6.45) is 4.67. The number of nitrogens with zero attached hydrogens (tertiary/aromatic N) is 4. The molecule has 7 nitrogen and oxygen atoms in total. The number of pyridine rings is 1. The van der Waals surface area contributed by atoms with Gasteiger partial charge < -0.3 is 15.7 Å². The topological polar surface area (TPSA) is 107 Å². The zero-order valence-electron chi connectivity index (χ0n) is 15.1. The molecule has 4 rings (SSSR count). The van der Waals surface area contributed by atoms with Gasteiger partial charge in [0.05, 0.1) is 36.4 Å². The second-order valence-electron chi connectivity index (χ2n) is 7.45. The smallest absolute Gasteiger partial charge is 0.183 e. The highest BCUT2D eigenvalue weighted by molar-refractivity contribution is 5.54. The van der Waals surface area contributed by atoms with Crippen LogP contribution in [-0.4, -0.2) is 38.2 Å². The van der Waals surface area contributed by atoms with E-state index in [-0.39, 0.29) is 24.2 Å². The van der Waals surface area contributed by atoms with Gasteiger partial charge >= 0.3 is 0 Å². The van der Waals surface area contributed by atoms with Crippen LogP contribution in [0.3, 0.4) is 0 Å². The summed E-state index contributed by atoms with van der Waals surface area (Å²) >= 11 is 0. The van der Waals surface area contributed by atoms with E-state index in [1.165, 1.54) is 6.07 Å². The van der Waals surface area contributed by atoms with Crippen molar-refractivity contribution in [2.24, 2.45) is 0 Å². The molecule has 3 heterocycles. The highest BCUT2D eigenvalue weighted by atomic mass is 19.1. The van der Waals surface area contributed by atoms with Crippen molar-refractivity contribution in [2.45, 2.75) is 49.7 Å². The highest BCUT2D eigenvalue weighted by Gasteiger charge is 2.35.